The number of carbonyl (C=O) groups excluding carboxylic acids is 1. The number of hydrogen-bond acceptors (Lipinski definition) is 3. The number of nitrogens with zero attached hydrogens (tertiary/aromatic N) is 2. The fourth-order valence-corrected chi connectivity index (χ4v) is 1.81. The summed E-state index contributed by atoms with van der Waals surface area (Å²) in [5.41, 5.74) is 0. The van der Waals surface area contributed by atoms with Crippen LogP contribution in [0.5, 0.6) is 0 Å². The number of imidazole rings is 1. The molecule has 1 aliphatic heterocycles. The van der Waals surface area contributed by atoms with Crippen LogP contribution < -0.4 is 5.32 Å². The maximum absolute atomic E-state index is 11.6. The van der Waals surface area contributed by atoms with Crippen LogP contribution in [-0.4, -0.2) is 28.4 Å². The zero-order valence-corrected chi connectivity index (χ0v) is 9.07. The summed E-state index contributed by atoms with van der Waals surface area (Å²) in [5, 5.41) is 3.18. The van der Waals surface area contributed by atoms with E-state index < -0.39 is 0 Å². The minimum Gasteiger partial charge on any atom is -0.338 e. The Morgan fingerprint density at radius 1 is 1.67 bits per heavy atom. The summed E-state index contributed by atoms with van der Waals surface area (Å²) < 4.78 is 1.97. The molecule has 1 aliphatic rings. The maximum Gasteiger partial charge on any atom is 0.133 e. The number of aryl methyl sites for hydroxylation is 2. The van der Waals surface area contributed by atoms with Crippen molar-refractivity contribution in [3.8, 4) is 0 Å². The Morgan fingerprint density at radius 3 is 3.00 bits per heavy atom. The van der Waals surface area contributed by atoms with Crippen LogP contribution in [0.1, 0.15) is 18.7 Å². The molecular weight excluding hydrogens is 190 g/mol. The second-order valence-corrected chi connectivity index (χ2v) is 4.22. The second-order valence-electron chi connectivity index (χ2n) is 4.22. The number of rotatable bonds is 5. The summed E-state index contributed by atoms with van der Waals surface area (Å²) >= 11 is 0. The van der Waals surface area contributed by atoms with Crippen molar-refractivity contribution in [3.05, 3.63) is 18.2 Å². The SMILES string of the molecule is Cn1ccnc1CCC(=O)CC1CNC1. The largest absolute Gasteiger partial charge is 0.338 e. The lowest BCUT2D eigenvalue weighted by atomic mass is 9.95. The van der Waals surface area contributed by atoms with Gasteiger partial charge in [-0.2, -0.15) is 0 Å². The molecule has 0 unspecified atom stereocenters. The number of hydrogen-bond donors (Lipinski definition) is 1. The predicted molar refractivity (Wildman–Crippen MR) is 57.5 cm³/mol. The van der Waals surface area contributed by atoms with Gasteiger partial charge in [0.25, 0.3) is 0 Å². The summed E-state index contributed by atoms with van der Waals surface area (Å²) in [6.07, 6.45) is 5.81. The van der Waals surface area contributed by atoms with Gasteiger partial charge in [0.05, 0.1) is 0 Å². The first kappa shape index (κ1) is 10.4. The van der Waals surface area contributed by atoms with Gasteiger partial charge in [0.2, 0.25) is 0 Å². The van der Waals surface area contributed by atoms with E-state index in [0.29, 0.717) is 18.1 Å². The third-order valence-electron chi connectivity index (χ3n) is 2.93. The van der Waals surface area contributed by atoms with E-state index in [2.05, 4.69) is 10.3 Å². The first-order valence-electron chi connectivity index (χ1n) is 5.44. The molecule has 4 nitrogen and oxygen atoms in total. The molecule has 0 amide bonds. The number of aromatic nitrogens is 2. The van der Waals surface area contributed by atoms with Gasteiger partial charge in [-0.05, 0) is 19.0 Å². The van der Waals surface area contributed by atoms with E-state index >= 15 is 0 Å². The molecule has 2 rings (SSSR count). The Kier molecular flexibility index (Phi) is 3.16. The van der Waals surface area contributed by atoms with Crippen LogP contribution in [0.15, 0.2) is 12.4 Å². The summed E-state index contributed by atoms with van der Waals surface area (Å²) in [6.45, 7) is 2.02. The third kappa shape index (κ3) is 2.65. The van der Waals surface area contributed by atoms with Crippen molar-refractivity contribution in [2.45, 2.75) is 19.3 Å². The molecule has 1 N–H and O–H groups in total. The fourth-order valence-electron chi connectivity index (χ4n) is 1.81. The Balaban J connectivity index is 1.73. The molecule has 1 aromatic rings. The molecule has 1 fully saturated rings. The average molecular weight is 207 g/mol. The smallest absolute Gasteiger partial charge is 0.133 e. The van der Waals surface area contributed by atoms with Crippen molar-refractivity contribution in [1.29, 1.82) is 0 Å². The standard InChI is InChI=1S/C11H17N3O/c1-14-5-4-13-11(14)3-2-10(15)6-9-7-12-8-9/h4-5,9,12H,2-3,6-8H2,1H3. The Hall–Kier alpha value is -1.16. The topological polar surface area (TPSA) is 46.9 Å². The van der Waals surface area contributed by atoms with Crippen LogP contribution in [0.4, 0.5) is 0 Å². The van der Waals surface area contributed by atoms with Crippen molar-refractivity contribution in [2.75, 3.05) is 13.1 Å². The highest BCUT2D eigenvalue weighted by Crippen LogP contribution is 2.11. The molecule has 2 heterocycles. The minimum absolute atomic E-state index is 0.365. The monoisotopic (exact) mass is 207 g/mol. The highest BCUT2D eigenvalue weighted by Gasteiger charge is 2.19. The lowest BCUT2D eigenvalue weighted by Crippen LogP contribution is -2.42. The maximum atomic E-state index is 11.6. The summed E-state index contributed by atoms with van der Waals surface area (Å²) in [5.74, 6) is 1.94. The van der Waals surface area contributed by atoms with E-state index in [0.717, 1.165) is 31.8 Å². The van der Waals surface area contributed by atoms with Gasteiger partial charge < -0.3 is 9.88 Å². The third-order valence-corrected chi connectivity index (χ3v) is 2.93. The summed E-state index contributed by atoms with van der Waals surface area (Å²) in [4.78, 5) is 15.8. The van der Waals surface area contributed by atoms with Gasteiger partial charge in [0.15, 0.2) is 0 Å². The predicted octanol–water partition coefficient (Wildman–Crippen LogP) is 0.531. The van der Waals surface area contributed by atoms with E-state index in [-0.39, 0.29) is 0 Å². The Morgan fingerprint density at radius 2 is 2.47 bits per heavy atom. The average Bonchev–Trinajstić information content (AvgIpc) is 2.55. The lowest BCUT2D eigenvalue weighted by molar-refractivity contribution is -0.120. The van der Waals surface area contributed by atoms with E-state index in [4.69, 9.17) is 0 Å². The molecule has 0 saturated carbocycles. The Labute approximate surface area is 89.7 Å². The first-order valence-corrected chi connectivity index (χ1v) is 5.44. The number of nitrogens with one attached hydrogen (secondary N) is 1. The van der Waals surface area contributed by atoms with Crippen molar-refractivity contribution in [2.24, 2.45) is 13.0 Å². The zero-order chi connectivity index (χ0) is 10.7. The van der Waals surface area contributed by atoms with E-state index in [1.165, 1.54) is 0 Å². The van der Waals surface area contributed by atoms with Crippen LogP contribution in [0.25, 0.3) is 0 Å². The highest BCUT2D eigenvalue weighted by atomic mass is 16.1. The van der Waals surface area contributed by atoms with Crippen molar-refractivity contribution in [3.63, 3.8) is 0 Å². The molecule has 0 aromatic carbocycles. The van der Waals surface area contributed by atoms with Crippen molar-refractivity contribution < 1.29 is 4.79 Å². The van der Waals surface area contributed by atoms with Gasteiger partial charge in [0.1, 0.15) is 11.6 Å². The van der Waals surface area contributed by atoms with Gasteiger partial charge >= 0.3 is 0 Å². The molecular formula is C11H17N3O. The molecule has 0 spiro atoms. The molecule has 1 aromatic heterocycles. The number of carbonyl (C=O) groups is 1. The normalized spacial score (nSPS) is 16.3. The Bertz CT molecular complexity index is 341. The summed E-state index contributed by atoms with van der Waals surface area (Å²) in [6, 6.07) is 0. The number of Topliss-reactive ketones (excluding diaryl/α,β-unsaturated/α-hetero) is 1. The fraction of sp³-hybridized carbons (Fsp3) is 0.636. The van der Waals surface area contributed by atoms with Crippen LogP contribution in [0.2, 0.25) is 0 Å². The molecule has 82 valence electrons. The molecule has 0 aliphatic carbocycles. The van der Waals surface area contributed by atoms with Crippen LogP contribution in [0.3, 0.4) is 0 Å². The molecule has 0 bridgehead atoms. The summed E-state index contributed by atoms with van der Waals surface area (Å²) in [7, 11) is 1.96. The lowest BCUT2D eigenvalue weighted by Gasteiger charge is -2.26. The van der Waals surface area contributed by atoms with Gasteiger partial charge in [-0.3, -0.25) is 4.79 Å². The van der Waals surface area contributed by atoms with Crippen molar-refractivity contribution in [1.82, 2.24) is 14.9 Å². The van der Waals surface area contributed by atoms with E-state index in [9.17, 15) is 4.79 Å². The van der Waals surface area contributed by atoms with Gasteiger partial charge in [-0.1, -0.05) is 0 Å². The van der Waals surface area contributed by atoms with Crippen LogP contribution >= 0.6 is 0 Å². The molecule has 1 saturated heterocycles. The minimum atomic E-state index is 0.365. The molecule has 15 heavy (non-hydrogen) atoms. The molecule has 0 atom stereocenters. The van der Waals surface area contributed by atoms with Crippen LogP contribution in [-0.2, 0) is 18.3 Å². The molecule has 4 heteroatoms. The first-order chi connectivity index (χ1) is 7.25. The van der Waals surface area contributed by atoms with Crippen LogP contribution in [0, 0.1) is 5.92 Å². The highest BCUT2D eigenvalue weighted by molar-refractivity contribution is 5.78. The van der Waals surface area contributed by atoms with Gasteiger partial charge in [-0.25, -0.2) is 4.98 Å². The molecule has 0 radical (unpaired) electrons. The zero-order valence-electron chi connectivity index (χ0n) is 9.07. The van der Waals surface area contributed by atoms with E-state index in [1.54, 1.807) is 6.20 Å². The quantitative estimate of drug-likeness (QED) is 0.766. The number of ketones is 1. The van der Waals surface area contributed by atoms with Crippen molar-refractivity contribution >= 4 is 5.78 Å². The second kappa shape index (κ2) is 4.57. The van der Waals surface area contributed by atoms with Gasteiger partial charge in [0, 0.05) is 38.7 Å². The van der Waals surface area contributed by atoms with Gasteiger partial charge in [-0.15, -0.1) is 0 Å². The van der Waals surface area contributed by atoms with E-state index in [1.807, 2.05) is 17.8 Å².